The lowest BCUT2D eigenvalue weighted by atomic mass is 10.2. The van der Waals surface area contributed by atoms with Gasteiger partial charge in [-0.1, -0.05) is 24.3 Å². The molecular formula is C12H10N2OS. The number of nitrogens with zero attached hydrogens (tertiary/aromatic N) is 2. The summed E-state index contributed by atoms with van der Waals surface area (Å²) in [7, 11) is 0. The minimum atomic E-state index is 0.513. The molecule has 0 N–H and O–H groups in total. The maximum absolute atomic E-state index is 5.60. The summed E-state index contributed by atoms with van der Waals surface area (Å²) in [5.74, 6) is 0. The summed E-state index contributed by atoms with van der Waals surface area (Å²) in [6, 6.07) is 8.18. The second kappa shape index (κ2) is 3.98. The van der Waals surface area contributed by atoms with Crippen molar-refractivity contribution < 1.29 is 4.84 Å². The van der Waals surface area contributed by atoms with Crippen LogP contribution in [0.1, 0.15) is 5.01 Å². The van der Waals surface area contributed by atoms with E-state index in [0.29, 0.717) is 6.61 Å². The van der Waals surface area contributed by atoms with Crippen LogP contribution >= 0.6 is 11.3 Å². The van der Waals surface area contributed by atoms with Crippen LogP contribution in [0.4, 0.5) is 0 Å². The molecule has 80 valence electrons. The highest BCUT2D eigenvalue weighted by Crippen LogP contribution is 2.14. The van der Waals surface area contributed by atoms with Crippen molar-refractivity contribution in [1.29, 1.82) is 0 Å². The van der Waals surface area contributed by atoms with E-state index in [1.165, 1.54) is 10.8 Å². The Balaban J connectivity index is 1.79. The lowest BCUT2D eigenvalue weighted by molar-refractivity contribution is 0.0987. The van der Waals surface area contributed by atoms with Gasteiger partial charge >= 0.3 is 0 Å². The van der Waals surface area contributed by atoms with Gasteiger partial charge in [-0.3, -0.25) is 0 Å². The zero-order chi connectivity index (χ0) is 10.8. The molecule has 0 saturated carbocycles. The van der Waals surface area contributed by atoms with E-state index < -0.39 is 0 Å². The maximum atomic E-state index is 5.60. The Morgan fingerprint density at radius 1 is 1.19 bits per heavy atom. The van der Waals surface area contributed by atoms with Gasteiger partial charge in [0.2, 0.25) is 0 Å². The van der Waals surface area contributed by atoms with E-state index in [9.17, 15) is 0 Å². The molecule has 1 aromatic carbocycles. The van der Waals surface area contributed by atoms with E-state index in [4.69, 9.17) is 4.84 Å². The van der Waals surface area contributed by atoms with E-state index >= 15 is 0 Å². The molecule has 2 heterocycles. The molecule has 0 aliphatic heterocycles. The second-order valence-electron chi connectivity index (χ2n) is 3.45. The van der Waals surface area contributed by atoms with Gasteiger partial charge in [0.25, 0.3) is 0 Å². The topological polar surface area (TPSA) is 27.1 Å². The Morgan fingerprint density at radius 2 is 1.94 bits per heavy atom. The Bertz CT molecular complexity index is 553. The number of fused-ring (bicyclic) bond motifs is 1. The summed E-state index contributed by atoms with van der Waals surface area (Å²) in [5.41, 5.74) is 0. The third kappa shape index (κ3) is 1.79. The molecule has 2 aromatic heterocycles. The molecule has 0 unspecified atom stereocenters. The Morgan fingerprint density at radius 3 is 2.56 bits per heavy atom. The van der Waals surface area contributed by atoms with Gasteiger partial charge in [-0.15, -0.1) is 11.3 Å². The lowest BCUT2D eigenvalue weighted by Gasteiger charge is -2.02. The normalized spacial score (nSPS) is 10.8. The summed E-state index contributed by atoms with van der Waals surface area (Å²) in [6.45, 7) is 0.513. The van der Waals surface area contributed by atoms with Crippen molar-refractivity contribution in [3.05, 3.63) is 53.2 Å². The summed E-state index contributed by atoms with van der Waals surface area (Å²) in [6.07, 6.45) is 5.74. The molecule has 0 radical (unpaired) electrons. The van der Waals surface area contributed by atoms with E-state index in [1.807, 2.05) is 29.9 Å². The van der Waals surface area contributed by atoms with Crippen molar-refractivity contribution in [3.63, 3.8) is 0 Å². The van der Waals surface area contributed by atoms with E-state index in [1.54, 1.807) is 22.3 Å². The molecule has 3 rings (SSSR count). The highest BCUT2D eigenvalue weighted by Gasteiger charge is 1.99. The second-order valence-corrected chi connectivity index (χ2v) is 4.43. The van der Waals surface area contributed by atoms with Crippen molar-refractivity contribution >= 4 is 22.1 Å². The first-order valence-electron chi connectivity index (χ1n) is 5.00. The summed E-state index contributed by atoms with van der Waals surface area (Å²) in [4.78, 5) is 9.77. The van der Waals surface area contributed by atoms with Crippen LogP contribution in [0.3, 0.4) is 0 Å². The Hall–Kier alpha value is -1.81. The first-order valence-corrected chi connectivity index (χ1v) is 5.88. The Labute approximate surface area is 96.9 Å². The molecule has 0 aliphatic carbocycles. The van der Waals surface area contributed by atoms with Crippen LogP contribution in [-0.4, -0.2) is 9.71 Å². The SMILES string of the molecule is c1ccc2cn(OCc3nccs3)cc2c1. The third-order valence-electron chi connectivity index (χ3n) is 2.35. The van der Waals surface area contributed by atoms with Crippen LogP contribution in [0.2, 0.25) is 0 Å². The molecule has 0 amide bonds. The highest BCUT2D eigenvalue weighted by molar-refractivity contribution is 7.09. The molecule has 0 fully saturated rings. The van der Waals surface area contributed by atoms with Crippen LogP contribution in [0.15, 0.2) is 48.2 Å². The van der Waals surface area contributed by atoms with Gasteiger partial charge in [-0.25, -0.2) is 4.98 Å². The summed E-state index contributed by atoms with van der Waals surface area (Å²) < 4.78 is 1.74. The fourth-order valence-electron chi connectivity index (χ4n) is 1.59. The standard InChI is InChI=1S/C12H10N2OS/c1-2-4-11-8-14(7-10(11)3-1)15-9-12-13-5-6-16-12/h1-8H,9H2. The molecule has 3 nitrogen and oxygen atoms in total. The number of rotatable bonds is 3. The van der Waals surface area contributed by atoms with Gasteiger partial charge in [0.1, 0.15) is 5.01 Å². The molecule has 0 atom stereocenters. The molecule has 4 heteroatoms. The highest BCUT2D eigenvalue weighted by atomic mass is 32.1. The zero-order valence-electron chi connectivity index (χ0n) is 8.54. The van der Waals surface area contributed by atoms with E-state index in [2.05, 4.69) is 17.1 Å². The predicted molar refractivity (Wildman–Crippen MR) is 64.3 cm³/mol. The number of thiazole rings is 1. The van der Waals surface area contributed by atoms with Crippen molar-refractivity contribution in [3.8, 4) is 0 Å². The van der Waals surface area contributed by atoms with Crippen LogP contribution < -0.4 is 4.84 Å². The predicted octanol–water partition coefficient (Wildman–Crippen LogP) is 2.73. The molecular weight excluding hydrogens is 220 g/mol. The molecule has 16 heavy (non-hydrogen) atoms. The van der Waals surface area contributed by atoms with Crippen molar-refractivity contribution in [2.75, 3.05) is 0 Å². The number of benzene rings is 1. The fraction of sp³-hybridized carbons (Fsp3) is 0.0833. The first-order chi connectivity index (χ1) is 7.92. The number of hydrogen-bond acceptors (Lipinski definition) is 3. The van der Waals surface area contributed by atoms with Gasteiger partial charge in [-0.2, -0.15) is 4.73 Å². The minimum Gasteiger partial charge on any atom is -0.407 e. The van der Waals surface area contributed by atoms with E-state index in [-0.39, 0.29) is 0 Å². The van der Waals surface area contributed by atoms with Crippen LogP contribution in [0, 0.1) is 0 Å². The monoisotopic (exact) mass is 230 g/mol. The molecule has 3 aromatic rings. The van der Waals surface area contributed by atoms with Crippen molar-refractivity contribution in [2.45, 2.75) is 6.61 Å². The number of aromatic nitrogens is 2. The van der Waals surface area contributed by atoms with Gasteiger partial charge in [-0.05, 0) is 0 Å². The average molecular weight is 230 g/mol. The van der Waals surface area contributed by atoms with Gasteiger partial charge in [0, 0.05) is 22.3 Å². The van der Waals surface area contributed by atoms with E-state index in [0.717, 1.165) is 5.01 Å². The molecule has 0 saturated heterocycles. The third-order valence-corrected chi connectivity index (χ3v) is 3.10. The average Bonchev–Trinajstić information content (AvgIpc) is 2.95. The quantitative estimate of drug-likeness (QED) is 0.691. The largest absolute Gasteiger partial charge is 0.407 e. The van der Waals surface area contributed by atoms with Crippen LogP contribution in [0.25, 0.3) is 10.8 Å². The first kappa shape index (κ1) is 9.42. The summed E-state index contributed by atoms with van der Waals surface area (Å²) in [5, 5.41) is 5.30. The molecule has 0 aliphatic rings. The molecule has 0 spiro atoms. The van der Waals surface area contributed by atoms with Crippen LogP contribution in [0.5, 0.6) is 0 Å². The van der Waals surface area contributed by atoms with Crippen LogP contribution in [-0.2, 0) is 6.61 Å². The van der Waals surface area contributed by atoms with Gasteiger partial charge in [0.05, 0.1) is 12.4 Å². The number of hydrogen-bond donors (Lipinski definition) is 0. The lowest BCUT2D eigenvalue weighted by Crippen LogP contribution is -2.08. The van der Waals surface area contributed by atoms with Crippen molar-refractivity contribution in [2.24, 2.45) is 0 Å². The minimum absolute atomic E-state index is 0.513. The smallest absolute Gasteiger partial charge is 0.166 e. The Kier molecular flexibility index (Phi) is 2.34. The fourth-order valence-corrected chi connectivity index (χ4v) is 2.11. The maximum Gasteiger partial charge on any atom is 0.166 e. The van der Waals surface area contributed by atoms with Crippen molar-refractivity contribution in [1.82, 2.24) is 9.71 Å². The summed E-state index contributed by atoms with van der Waals surface area (Å²) >= 11 is 1.60. The van der Waals surface area contributed by atoms with Gasteiger partial charge < -0.3 is 4.84 Å². The zero-order valence-corrected chi connectivity index (χ0v) is 9.35. The van der Waals surface area contributed by atoms with Gasteiger partial charge in [0.15, 0.2) is 6.61 Å². The molecule has 0 bridgehead atoms.